The number of carbonyl (C=O) groups excluding carboxylic acids is 1. The molecule has 0 radical (unpaired) electrons. The van der Waals surface area contributed by atoms with Crippen LogP contribution in [0, 0.1) is 17.0 Å². The number of hydrogen-bond donors (Lipinski definition) is 2. The number of nitro groups is 1. The Morgan fingerprint density at radius 1 is 0.769 bits per heavy atom. The predicted octanol–water partition coefficient (Wildman–Crippen LogP) is -7.58. The first kappa shape index (κ1) is 38.3. The van der Waals surface area contributed by atoms with Gasteiger partial charge in [0.15, 0.2) is 0 Å². The van der Waals surface area contributed by atoms with Crippen molar-refractivity contribution < 1.29 is 137 Å². The average molecular weight is 627 g/mol. The number of anilines is 2. The molecule has 15 nitrogen and oxygen atoms in total. The molecule has 192 valence electrons. The summed E-state index contributed by atoms with van der Waals surface area (Å²) < 4.78 is 105. The van der Waals surface area contributed by atoms with E-state index in [0.29, 0.717) is 18.2 Å². The average Bonchev–Trinajstić information content (AvgIpc) is 2.71. The van der Waals surface area contributed by atoms with E-state index in [1.807, 2.05) is 5.32 Å². The van der Waals surface area contributed by atoms with Crippen LogP contribution in [0.3, 0.4) is 0 Å². The van der Waals surface area contributed by atoms with Crippen molar-refractivity contribution in [3.05, 3.63) is 58.1 Å². The van der Waals surface area contributed by atoms with Crippen LogP contribution in [-0.2, 0) is 30.4 Å². The van der Waals surface area contributed by atoms with Crippen LogP contribution in [-0.4, -0.2) is 49.9 Å². The largest absolute Gasteiger partial charge is 1.00 e. The summed E-state index contributed by atoms with van der Waals surface area (Å²) in [7, 11) is -16.2. The maximum atomic E-state index is 12.5. The van der Waals surface area contributed by atoms with E-state index in [1.54, 1.807) is 0 Å². The Balaban J connectivity index is 0.00000481. The molecule has 0 aliphatic heterocycles. The third-order valence-corrected chi connectivity index (χ3v) is 7.21. The van der Waals surface area contributed by atoms with E-state index < -0.39 is 72.5 Å². The number of rotatable bonds is 6. The van der Waals surface area contributed by atoms with Gasteiger partial charge < -0.3 is 24.3 Å². The quantitative estimate of drug-likeness (QED) is 0.112. The van der Waals surface area contributed by atoms with E-state index in [1.165, 1.54) is 19.1 Å². The molecule has 0 aliphatic rings. The van der Waals surface area contributed by atoms with E-state index in [4.69, 9.17) is 0 Å². The fraction of sp³-hybridized carbons (Fsp3) is 0.0556. The molecule has 0 saturated carbocycles. The van der Waals surface area contributed by atoms with E-state index in [0.717, 1.165) is 6.07 Å². The molecule has 21 heteroatoms. The maximum absolute atomic E-state index is 12.5. The van der Waals surface area contributed by atoms with Crippen LogP contribution in [0.25, 0.3) is 10.8 Å². The van der Waals surface area contributed by atoms with Gasteiger partial charge >= 0.3 is 94.7 Å². The van der Waals surface area contributed by atoms with Crippen LogP contribution in [0.2, 0.25) is 0 Å². The first-order valence-electron chi connectivity index (χ1n) is 9.20. The molecule has 0 unspecified atom stereocenters. The van der Waals surface area contributed by atoms with Crippen LogP contribution in [0.4, 0.5) is 21.9 Å². The van der Waals surface area contributed by atoms with Crippen LogP contribution in [0.5, 0.6) is 0 Å². The molecule has 0 heterocycles. The van der Waals surface area contributed by atoms with Gasteiger partial charge in [0.05, 0.1) is 25.3 Å². The number of urea groups is 1. The second-order valence-electron chi connectivity index (χ2n) is 7.19. The second kappa shape index (κ2) is 14.0. The number of nitrogens with zero attached hydrogens (tertiary/aromatic N) is 1. The van der Waals surface area contributed by atoms with Crippen molar-refractivity contribution in [2.24, 2.45) is 0 Å². The Morgan fingerprint density at radius 3 is 1.74 bits per heavy atom. The summed E-state index contributed by atoms with van der Waals surface area (Å²) >= 11 is 0. The minimum atomic E-state index is -5.53. The van der Waals surface area contributed by atoms with Crippen LogP contribution >= 0.6 is 0 Å². The third kappa shape index (κ3) is 9.42. The number of nitrogens with one attached hydrogen (secondary N) is 2. The van der Waals surface area contributed by atoms with Gasteiger partial charge in [-0.05, 0) is 42.6 Å². The number of carbonyl (C=O) groups is 1. The molecule has 0 fully saturated rings. The topological polar surface area (TPSA) is 256 Å². The zero-order chi connectivity index (χ0) is 27.2. The zero-order valence-corrected chi connectivity index (χ0v) is 29.1. The fourth-order valence-electron chi connectivity index (χ4n) is 3.18. The summed E-state index contributed by atoms with van der Waals surface area (Å²) in [5, 5.41) is 13.9. The molecule has 3 aromatic carbocycles. The summed E-state index contributed by atoms with van der Waals surface area (Å²) in [6, 6.07) is 4.14. The smallest absolute Gasteiger partial charge is 0.744 e. The molecule has 0 aliphatic carbocycles. The maximum Gasteiger partial charge on any atom is 1.00 e. The van der Waals surface area contributed by atoms with E-state index in [2.05, 4.69) is 5.32 Å². The molecular formula is C18H12N3Na3O12S3. The number of fused-ring (bicyclic) bond motifs is 1. The molecule has 3 rings (SSSR count). The molecule has 0 atom stereocenters. The summed E-state index contributed by atoms with van der Waals surface area (Å²) in [6.07, 6.45) is 0. The zero-order valence-electron chi connectivity index (χ0n) is 20.6. The van der Waals surface area contributed by atoms with Crippen LogP contribution in [0.15, 0.2) is 57.2 Å². The predicted molar refractivity (Wildman–Crippen MR) is 118 cm³/mol. The van der Waals surface area contributed by atoms with Crippen molar-refractivity contribution >= 4 is 64.2 Å². The van der Waals surface area contributed by atoms with Crippen molar-refractivity contribution in [1.29, 1.82) is 0 Å². The first-order valence-corrected chi connectivity index (χ1v) is 13.4. The minimum absolute atomic E-state index is 0. The van der Waals surface area contributed by atoms with Gasteiger partial charge in [-0.15, -0.1) is 0 Å². The Kier molecular flexibility index (Phi) is 13.7. The summed E-state index contributed by atoms with van der Waals surface area (Å²) in [6.45, 7) is 1.43. The monoisotopic (exact) mass is 627 g/mol. The number of hydrogen-bond acceptors (Lipinski definition) is 12. The van der Waals surface area contributed by atoms with Gasteiger partial charge in [0.25, 0.3) is 5.69 Å². The molecule has 0 aromatic heterocycles. The van der Waals surface area contributed by atoms with Gasteiger partial charge in [-0.3, -0.25) is 10.1 Å². The summed E-state index contributed by atoms with van der Waals surface area (Å²) in [5.74, 6) is 0. The Morgan fingerprint density at radius 2 is 1.28 bits per heavy atom. The molecule has 0 saturated heterocycles. The van der Waals surface area contributed by atoms with Crippen molar-refractivity contribution in [3.63, 3.8) is 0 Å². The first-order chi connectivity index (χ1) is 16.4. The number of benzene rings is 3. The van der Waals surface area contributed by atoms with Gasteiger partial charge in [0, 0.05) is 22.7 Å². The molecule has 2 amide bonds. The standard InChI is InChI=1S/C18H15N3O12S3.3Na/c1-9-2-3-11(6-15(9)21(23)24)19-18(22)20-14-7-12(34(25,26)27)4-10-5-13(35(28,29)30)8-16(17(10)14)36(31,32)33;;;/h2-8H,1H3,(H2,19,20,22)(H,25,26,27)(H,28,29,30)(H,31,32,33);;;/q;3*+1/p-3. The van der Waals surface area contributed by atoms with Gasteiger partial charge in [-0.1, -0.05) is 6.07 Å². The SMILES string of the molecule is Cc1ccc(NC(=O)Nc2cc(S(=O)(=O)[O-])cc3cc(S(=O)(=O)[O-])cc(S(=O)(=O)[O-])c23)cc1[N+](=O)[O-].[Na+].[Na+].[Na+]. The summed E-state index contributed by atoms with van der Waals surface area (Å²) in [4.78, 5) is 19.3. The van der Waals surface area contributed by atoms with Crippen molar-refractivity contribution in [2.45, 2.75) is 21.6 Å². The van der Waals surface area contributed by atoms with Gasteiger partial charge in [-0.2, -0.15) is 0 Å². The Bertz CT molecular complexity index is 1780. The Hall–Kier alpha value is -0.680. The van der Waals surface area contributed by atoms with Gasteiger partial charge in [0.2, 0.25) is 0 Å². The van der Waals surface area contributed by atoms with E-state index >= 15 is 0 Å². The second-order valence-corrected chi connectivity index (χ2v) is 11.3. The molecule has 39 heavy (non-hydrogen) atoms. The number of nitro benzene ring substituents is 1. The van der Waals surface area contributed by atoms with Crippen molar-refractivity contribution in [3.8, 4) is 0 Å². The molecule has 0 bridgehead atoms. The Labute approximate surface area is 288 Å². The van der Waals surface area contributed by atoms with Crippen molar-refractivity contribution in [2.75, 3.05) is 10.6 Å². The normalized spacial score (nSPS) is 11.4. The summed E-state index contributed by atoms with van der Waals surface area (Å²) in [5.41, 5.74) is -0.938. The third-order valence-electron chi connectivity index (χ3n) is 4.72. The van der Waals surface area contributed by atoms with Crippen LogP contribution in [0.1, 0.15) is 5.56 Å². The van der Waals surface area contributed by atoms with Gasteiger partial charge in [-0.25, -0.2) is 30.0 Å². The number of amides is 2. The minimum Gasteiger partial charge on any atom is -0.744 e. The molecular weight excluding hydrogens is 615 g/mol. The van der Waals surface area contributed by atoms with E-state index in [9.17, 15) is 53.8 Å². The number of aryl methyl sites for hydroxylation is 1. The van der Waals surface area contributed by atoms with Crippen LogP contribution < -0.4 is 99.3 Å². The fourth-order valence-corrected chi connectivity index (χ4v) is 5.07. The molecule has 0 spiro atoms. The molecule has 3 aromatic rings. The van der Waals surface area contributed by atoms with E-state index in [-0.39, 0.29) is 112 Å². The molecule has 2 N–H and O–H groups in total. The van der Waals surface area contributed by atoms with Gasteiger partial charge in [0.1, 0.15) is 30.4 Å². The van der Waals surface area contributed by atoms with Crippen molar-refractivity contribution in [1.82, 2.24) is 0 Å².